The number of carbonyl (C=O) groups excluding carboxylic acids is 1. The molecule has 1 unspecified atom stereocenters. The van der Waals surface area contributed by atoms with Crippen LogP contribution in [0.5, 0.6) is 0 Å². The van der Waals surface area contributed by atoms with Crippen molar-refractivity contribution in [1.82, 2.24) is 5.32 Å². The number of ether oxygens (including phenoxy) is 2. The van der Waals surface area contributed by atoms with E-state index in [1.54, 1.807) is 0 Å². The minimum Gasteiger partial charge on any atom is -0.465 e. The maximum Gasteiger partial charge on any atom is 0.309 e. The van der Waals surface area contributed by atoms with Gasteiger partial charge in [-0.15, -0.1) is 0 Å². The predicted octanol–water partition coefficient (Wildman–Crippen LogP) is 0.812. The van der Waals surface area contributed by atoms with Gasteiger partial charge in [0, 0.05) is 13.2 Å². The third kappa shape index (κ3) is 2.95. The molecule has 0 aliphatic carbocycles. The first-order chi connectivity index (χ1) is 7.77. The van der Waals surface area contributed by atoms with Crippen LogP contribution in [0.1, 0.15) is 19.8 Å². The van der Waals surface area contributed by atoms with Gasteiger partial charge in [-0.25, -0.2) is 0 Å². The van der Waals surface area contributed by atoms with E-state index in [0.717, 1.165) is 39.1 Å². The summed E-state index contributed by atoms with van der Waals surface area (Å²) >= 11 is 0. The average molecular weight is 227 g/mol. The van der Waals surface area contributed by atoms with Gasteiger partial charge in [0.05, 0.1) is 12.5 Å². The number of hydrogen-bond acceptors (Lipinski definition) is 4. The van der Waals surface area contributed by atoms with Crippen molar-refractivity contribution in [1.29, 1.82) is 0 Å². The fourth-order valence-corrected chi connectivity index (χ4v) is 2.10. The number of carbonyl (C=O) groups is 1. The third-order valence-electron chi connectivity index (χ3n) is 3.69. The highest BCUT2D eigenvalue weighted by molar-refractivity contribution is 5.72. The molecule has 0 radical (unpaired) electrons. The molecule has 0 aromatic heterocycles. The van der Waals surface area contributed by atoms with Crippen molar-refractivity contribution < 1.29 is 14.3 Å². The Morgan fingerprint density at radius 3 is 2.69 bits per heavy atom. The summed E-state index contributed by atoms with van der Waals surface area (Å²) in [5.41, 5.74) is 0. The summed E-state index contributed by atoms with van der Waals surface area (Å²) in [4.78, 5) is 11.7. The highest BCUT2D eigenvalue weighted by Crippen LogP contribution is 2.19. The van der Waals surface area contributed by atoms with Crippen molar-refractivity contribution >= 4 is 5.97 Å². The number of esters is 1. The lowest BCUT2D eigenvalue weighted by Gasteiger charge is -2.31. The molecule has 0 aromatic carbocycles. The normalized spacial score (nSPS) is 24.8. The second kappa shape index (κ2) is 5.64. The van der Waals surface area contributed by atoms with Crippen molar-refractivity contribution in [3.63, 3.8) is 0 Å². The van der Waals surface area contributed by atoms with E-state index in [1.807, 2.05) is 6.92 Å². The summed E-state index contributed by atoms with van der Waals surface area (Å²) < 4.78 is 10.6. The van der Waals surface area contributed by atoms with Gasteiger partial charge >= 0.3 is 5.97 Å². The average Bonchev–Trinajstić information content (AvgIpc) is 2.25. The molecule has 4 heteroatoms. The van der Waals surface area contributed by atoms with Crippen LogP contribution >= 0.6 is 0 Å². The second-order valence-electron chi connectivity index (χ2n) is 4.89. The molecule has 2 saturated heterocycles. The zero-order chi connectivity index (χ0) is 11.4. The van der Waals surface area contributed by atoms with Crippen molar-refractivity contribution in [2.45, 2.75) is 19.8 Å². The number of nitrogens with one attached hydrogen (secondary N) is 1. The van der Waals surface area contributed by atoms with Gasteiger partial charge in [0.15, 0.2) is 0 Å². The lowest BCUT2D eigenvalue weighted by atomic mass is 9.89. The van der Waals surface area contributed by atoms with E-state index in [0.29, 0.717) is 18.4 Å². The van der Waals surface area contributed by atoms with E-state index in [4.69, 9.17) is 9.47 Å². The van der Waals surface area contributed by atoms with Gasteiger partial charge in [-0.1, -0.05) is 6.92 Å². The number of hydrogen-bond donors (Lipinski definition) is 1. The molecule has 0 saturated carbocycles. The Labute approximate surface area is 96.7 Å². The van der Waals surface area contributed by atoms with Crippen LogP contribution in [0.4, 0.5) is 0 Å². The summed E-state index contributed by atoms with van der Waals surface area (Å²) in [5.74, 6) is 0.991. The molecule has 0 spiro atoms. The summed E-state index contributed by atoms with van der Waals surface area (Å²) in [6.45, 7) is 6.07. The summed E-state index contributed by atoms with van der Waals surface area (Å²) in [6, 6.07) is 0. The molecule has 92 valence electrons. The SMILES string of the molecule is CC(C(=O)OCC1CCOCC1)C1CNC1. The van der Waals surface area contributed by atoms with E-state index in [9.17, 15) is 4.79 Å². The first-order valence-corrected chi connectivity index (χ1v) is 6.22. The zero-order valence-electron chi connectivity index (χ0n) is 9.91. The van der Waals surface area contributed by atoms with Crippen LogP contribution < -0.4 is 5.32 Å². The van der Waals surface area contributed by atoms with Gasteiger partial charge < -0.3 is 14.8 Å². The minimum absolute atomic E-state index is 0.0296. The molecule has 2 fully saturated rings. The second-order valence-corrected chi connectivity index (χ2v) is 4.89. The largest absolute Gasteiger partial charge is 0.465 e. The van der Waals surface area contributed by atoms with E-state index in [-0.39, 0.29) is 11.9 Å². The molecule has 2 aliphatic rings. The van der Waals surface area contributed by atoms with E-state index < -0.39 is 0 Å². The first kappa shape index (κ1) is 11.9. The van der Waals surface area contributed by atoms with Gasteiger partial charge in [-0.2, -0.15) is 0 Å². The Hall–Kier alpha value is -0.610. The molecule has 2 aliphatic heterocycles. The fraction of sp³-hybridized carbons (Fsp3) is 0.917. The Morgan fingerprint density at radius 1 is 1.44 bits per heavy atom. The zero-order valence-corrected chi connectivity index (χ0v) is 9.91. The molecule has 1 atom stereocenters. The van der Waals surface area contributed by atoms with Gasteiger partial charge in [0.2, 0.25) is 0 Å². The van der Waals surface area contributed by atoms with Crippen LogP contribution in [-0.4, -0.2) is 38.9 Å². The lowest BCUT2D eigenvalue weighted by Crippen LogP contribution is -2.47. The predicted molar refractivity (Wildman–Crippen MR) is 60.0 cm³/mol. The van der Waals surface area contributed by atoms with E-state index >= 15 is 0 Å². The van der Waals surface area contributed by atoms with Crippen LogP contribution in [-0.2, 0) is 14.3 Å². The van der Waals surface area contributed by atoms with Crippen LogP contribution in [0.3, 0.4) is 0 Å². The standard InChI is InChI=1S/C12H21NO3/c1-9(11-6-13-7-11)12(14)16-8-10-2-4-15-5-3-10/h9-11,13H,2-8H2,1H3. The third-order valence-corrected chi connectivity index (χ3v) is 3.69. The van der Waals surface area contributed by atoms with Crippen LogP contribution in [0, 0.1) is 17.8 Å². The Balaban J connectivity index is 1.65. The lowest BCUT2D eigenvalue weighted by molar-refractivity contribution is -0.152. The Kier molecular flexibility index (Phi) is 4.18. The Morgan fingerprint density at radius 2 is 2.12 bits per heavy atom. The van der Waals surface area contributed by atoms with Gasteiger partial charge in [0.25, 0.3) is 0 Å². The van der Waals surface area contributed by atoms with Crippen molar-refractivity contribution in [3.05, 3.63) is 0 Å². The van der Waals surface area contributed by atoms with Crippen LogP contribution in [0.2, 0.25) is 0 Å². The topological polar surface area (TPSA) is 47.6 Å². The summed E-state index contributed by atoms with van der Waals surface area (Å²) in [7, 11) is 0. The molecule has 4 nitrogen and oxygen atoms in total. The maximum atomic E-state index is 11.7. The first-order valence-electron chi connectivity index (χ1n) is 6.22. The van der Waals surface area contributed by atoms with Crippen molar-refractivity contribution in [3.8, 4) is 0 Å². The molecular weight excluding hydrogens is 206 g/mol. The summed E-state index contributed by atoms with van der Waals surface area (Å²) in [5, 5.41) is 3.18. The van der Waals surface area contributed by atoms with Gasteiger partial charge in [0.1, 0.15) is 0 Å². The van der Waals surface area contributed by atoms with Gasteiger partial charge in [-0.05, 0) is 37.8 Å². The minimum atomic E-state index is -0.0296. The molecule has 1 N–H and O–H groups in total. The molecule has 2 heterocycles. The highest BCUT2D eigenvalue weighted by atomic mass is 16.5. The molecular formula is C12H21NO3. The molecule has 0 aromatic rings. The van der Waals surface area contributed by atoms with E-state index in [2.05, 4.69) is 5.32 Å². The summed E-state index contributed by atoms with van der Waals surface area (Å²) in [6.07, 6.45) is 2.04. The molecule has 0 amide bonds. The monoisotopic (exact) mass is 227 g/mol. The quantitative estimate of drug-likeness (QED) is 0.722. The van der Waals surface area contributed by atoms with E-state index in [1.165, 1.54) is 0 Å². The maximum absolute atomic E-state index is 11.7. The van der Waals surface area contributed by atoms with Crippen molar-refractivity contribution in [2.75, 3.05) is 32.9 Å². The molecule has 16 heavy (non-hydrogen) atoms. The fourth-order valence-electron chi connectivity index (χ4n) is 2.10. The highest BCUT2D eigenvalue weighted by Gasteiger charge is 2.30. The van der Waals surface area contributed by atoms with Gasteiger partial charge in [-0.3, -0.25) is 4.79 Å². The van der Waals surface area contributed by atoms with Crippen LogP contribution in [0.25, 0.3) is 0 Å². The van der Waals surface area contributed by atoms with Crippen LogP contribution in [0.15, 0.2) is 0 Å². The molecule has 0 bridgehead atoms. The Bertz CT molecular complexity index is 234. The molecule has 2 rings (SSSR count). The smallest absolute Gasteiger partial charge is 0.309 e. The number of rotatable bonds is 4. The van der Waals surface area contributed by atoms with Crippen molar-refractivity contribution in [2.24, 2.45) is 17.8 Å².